The van der Waals surface area contributed by atoms with E-state index in [2.05, 4.69) is 13.8 Å². The van der Waals surface area contributed by atoms with Gasteiger partial charge in [0.15, 0.2) is 0 Å². The van der Waals surface area contributed by atoms with Crippen LogP contribution in [0.5, 0.6) is 0 Å². The molecule has 1 atom stereocenters. The molecule has 1 unspecified atom stereocenters. The zero-order chi connectivity index (χ0) is 14.7. The molecule has 0 bridgehead atoms. The van der Waals surface area contributed by atoms with E-state index in [1.54, 1.807) is 17.0 Å². The third-order valence-corrected chi connectivity index (χ3v) is 4.30. The van der Waals surface area contributed by atoms with Crippen LogP contribution in [0.3, 0.4) is 0 Å². The maximum absolute atomic E-state index is 13.8. The highest BCUT2D eigenvalue weighted by atomic mass is 19.1. The summed E-state index contributed by atoms with van der Waals surface area (Å²) in [5, 5.41) is 0. The molecule has 1 saturated heterocycles. The molecular formula is C16H23FN2O. The van der Waals surface area contributed by atoms with Crippen molar-refractivity contribution in [1.82, 2.24) is 4.90 Å². The smallest absolute Gasteiger partial charge is 0.222 e. The van der Waals surface area contributed by atoms with E-state index in [1.807, 2.05) is 0 Å². The van der Waals surface area contributed by atoms with Crippen molar-refractivity contribution in [2.24, 2.45) is 11.8 Å². The predicted molar refractivity (Wildman–Crippen MR) is 78.4 cm³/mol. The number of carbonyl (C=O) groups is 1. The summed E-state index contributed by atoms with van der Waals surface area (Å²) in [4.78, 5) is 13.9. The Balaban J connectivity index is 2.11. The van der Waals surface area contributed by atoms with Crippen molar-refractivity contribution in [3.8, 4) is 0 Å². The van der Waals surface area contributed by atoms with E-state index in [1.165, 1.54) is 6.07 Å². The summed E-state index contributed by atoms with van der Waals surface area (Å²) >= 11 is 0. The number of hydrogen-bond acceptors (Lipinski definition) is 2. The fraction of sp³-hybridized carbons (Fsp3) is 0.562. The highest BCUT2D eigenvalue weighted by Gasteiger charge is 2.25. The van der Waals surface area contributed by atoms with E-state index in [-0.39, 0.29) is 18.3 Å². The first-order chi connectivity index (χ1) is 9.49. The van der Waals surface area contributed by atoms with E-state index in [9.17, 15) is 9.18 Å². The summed E-state index contributed by atoms with van der Waals surface area (Å²) < 4.78 is 13.8. The Morgan fingerprint density at radius 3 is 2.80 bits per heavy atom. The molecule has 1 aliphatic heterocycles. The number of hydrogen-bond donors (Lipinski definition) is 1. The molecule has 1 aliphatic rings. The number of carbonyl (C=O) groups excluding carboxylic acids is 1. The third-order valence-electron chi connectivity index (χ3n) is 4.30. The lowest BCUT2D eigenvalue weighted by molar-refractivity contribution is -0.131. The second kappa shape index (κ2) is 6.25. The van der Waals surface area contributed by atoms with Crippen molar-refractivity contribution in [3.63, 3.8) is 0 Å². The van der Waals surface area contributed by atoms with Gasteiger partial charge in [-0.1, -0.05) is 19.9 Å². The van der Waals surface area contributed by atoms with E-state index in [0.29, 0.717) is 36.1 Å². The van der Waals surface area contributed by atoms with Gasteiger partial charge < -0.3 is 10.6 Å². The van der Waals surface area contributed by atoms with Crippen LogP contribution < -0.4 is 5.73 Å². The van der Waals surface area contributed by atoms with Crippen LogP contribution in [-0.2, 0) is 11.3 Å². The highest BCUT2D eigenvalue weighted by molar-refractivity contribution is 5.76. The minimum absolute atomic E-state index is 0.107. The summed E-state index contributed by atoms with van der Waals surface area (Å²) in [5.41, 5.74) is 6.67. The largest absolute Gasteiger partial charge is 0.398 e. The van der Waals surface area contributed by atoms with Gasteiger partial charge in [0.2, 0.25) is 5.91 Å². The van der Waals surface area contributed by atoms with Crippen molar-refractivity contribution in [2.75, 3.05) is 12.3 Å². The monoisotopic (exact) mass is 278 g/mol. The summed E-state index contributed by atoms with van der Waals surface area (Å²) in [6, 6.07) is 4.66. The van der Waals surface area contributed by atoms with Crippen LogP contribution in [0.2, 0.25) is 0 Å². The van der Waals surface area contributed by atoms with E-state index in [4.69, 9.17) is 5.73 Å². The number of rotatable bonds is 3. The van der Waals surface area contributed by atoms with Crippen LogP contribution in [0.4, 0.5) is 10.1 Å². The molecule has 0 radical (unpaired) electrons. The average molecular weight is 278 g/mol. The summed E-state index contributed by atoms with van der Waals surface area (Å²) in [6.45, 7) is 5.36. The lowest BCUT2D eigenvalue weighted by Crippen LogP contribution is -2.30. The number of amides is 1. The molecule has 0 aromatic heterocycles. The topological polar surface area (TPSA) is 46.3 Å². The summed E-state index contributed by atoms with van der Waals surface area (Å²) in [5.74, 6) is 0.932. The Kier molecular flexibility index (Phi) is 4.63. The van der Waals surface area contributed by atoms with Crippen molar-refractivity contribution in [2.45, 2.75) is 39.7 Å². The first-order valence-corrected chi connectivity index (χ1v) is 7.29. The van der Waals surface area contributed by atoms with Crippen LogP contribution in [0, 0.1) is 17.7 Å². The molecule has 110 valence electrons. The van der Waals surface area contributed by atoms with Crippen LogP contribution in [0.25, 0.3) is 0 Å². The van der Waals surface area contributed by atoms with Crippen molar-refractivity contribution in [1.29, 1.82) is 0 Å². The molecule has 20 heavy (non-hydrogen) atoms. The van der Waals surface area contributed by atoms with Gasteiger partial charge in [-0.3, -0.25) is 4.79 Å². The number of nitrogens with zero attached hydrogens (tertiary/aromatic N) is 1. The first-order valence-electron chi connectivity index (χ1n) is 7.29. The standard InChI is InChI=1S/C16H23FN2O/c1-11(2)12-6-7-16(20)19(9-8-12)10-13-14(17)4-3-5-15(13)18/h3-5,11-12H,6-10,18H2,1-2H3. The molecule has 0 spiro atoms. The third kappa shape index (κ3) is 3.30. The molecule has 4 heteroatoms. The maximum atomic E-state index is 13.8. The fourth-order valence-electron chi connectivity index (χ4n) is 2.82. The molecule has 1 fully saturated rings. The zero-order valence-corrected chi connectivity index (χ0v) is 12.2. The van der Waals surface area contributed by atoms with Gasteiger partial charge in [0.1, 0.15) is 5.82 Å². The van der Waals surface area contributed by atoms with E-state index < -0.39 is 0 Å². The highest BCUT2D eigenvalue weighted by Crippen LogP contribution is 2.27. The number of anilines is 1. The Bertz CT molecular complexity index is 467. The van der Waals surface area contributed by atoms with Gasteiger partial charge in [-0.2, -0.15) is 0 Å². The van der Waals surface area contributed by atoms with E-state index >= 15 is 0 Å². The van der Waals surface area contributed by atoms with Crippen molar-refractivity contribution >= 4 is 11.6 Å². The molecule has 1 aromatic rings. The molecule has 0 saturated carbocycles. The predicted octanol–water partition coefficient (Wildman–Crippen LogP) is 3.19. The lowest BCUT2D eigenvalue weighted by Gasteiger charge is -2.22. The lowest BCUT2D eigenvalue weighted by atomic mass is 9.89. The molecular weight excluding hydrogens is 255 g/mol. The zero-order valence-electron chi connectivity index (χ0n) is 12.2. The van der Waals surface area contributed by atoms with Crippen LogP contribution >= 0.6 is 0 Å². The molecule has 2 N–H and O–H groups in total. The van der Waals surface area contributed by atoms with Gasteiger partial charge in [0.05, 0.1) is 6.54 Å². The molecule has 0 aliphatic carbocycles. The van der Waals surface area contributed by atoms with Crippen LogP contribution in [-0.4, -0.2) is 17.4 Å². The van der Waals surface area contributed by atoms with Gasteiger partial charge in [0, 0.05) is 24.2 Å². The van der Waals surface area contributed by atoms with Gasteiger partial charge >= 0.3 is 0 Å². The van der Waals surface area contributed by atoms with Gasteiger partial charge in [0.25, 0.3) is 0 Å². The quantitative estimate of drug-likeness (QED) is 0.863. The SMILES string of the molecule is CC(C)C1CCC(=O)N(Cc2c(N)cccc2F)CC1. The van der Waals surface area contributed by atoms with Crippen molar-refractivity contribution in [3.05, 3.63) is 29.6 Å². The Morgan fingerprint density at radius 1 is 1.40 bits per heavy atom. The second-order valence-electron chi connectivity index (χ2n) is 5.95. The van der Waals surface area contributed by atoms with Crippen molar-refractivity contribution < 1.29 is 9.18 Å². The molecule has 1 heterocycles. The first kappa shape index (κ1) is 14.8. The number of benzene rings is 1. The number of nitrogen functional groups attached to an aromatic ring is 1. The maximum Gasteiger partial charge on any atom is 0.222 e. The summed E-state index contributed by atoms with van der Waals surface area (Å²) in [6.07, 6.45) is 2.47. The minimum atomic E-state index is -0.331. The number of halogens is 1. The van der Waals surface area contributed by atoms with Gasteiger partial charge in [-0.25, -0.2) is 4.39 Å². The Morgan fingerprint density at radius 2 is 2.15 bits per heavy atom. The Labute approximate surface area is 120 Å². The second-order valence-corrected chi connectivity index (χ2v) is 5.95. The van der Waals surface area contributed by atoms with E-state index in [0.717, 1.165) is 12.8 Å². The van der Waals surface area contributed by atoms with Gasteiger partial charge in [-0.05, 0) is 36.8 Å². The normalized spacial score (nSPS) is 20.3. The minimum Gasteiger partial charge on any atom is -0.398 e. The van der Waals surface area contributed by atoms with Crippen LogP contribution in [0.1, 0.15) is 38.7 Å². The molecule has 2 rings (SSSR count). The molecule has 1 amide bonds. The molecule has 1 aromatic carbocycles. The Hall–Kier alpha value is -1.58. The average Bonchev–Trinajstić information content (AvgIpc) is 2.57. The summed E-state index contributed by atoms with van der Waals surface area (Å²) in [7, 11) is 0. The van der Waals surface area contributed by atoms with Gasteiger partial charge in [-0.15, -0.1) is 0 Å². The number of nitrogens with two attached hydrogens (primary N) is 1. The fourth-order valence-corrected chi connectivity index (χ4v) is 2.82. The number of likely N-dealkylation sites (tertiary alicyclic amines) is 1. The molecule has 3 nitrogen and oxygen atoms in total. The van der Waals surface area contributed by atoms with Crippen LogP contribution in [0.15, 0.2) is 18.2 Å².